The number of carboxylic acid groups (broad SMARTS) is 1. The number of rotatable bonds is 11. The van der Waals surface area contributed by atoms with Gasteiger partial charge in [-0.3, -0.25) is 4.79 Å². The van der Waals surface area contributed by atoms with Crippen LogP contribution in [0.15, 0.2) is 0 Å². The highest BCUT2D eigenvalue weighted by molar-refractivity contribution is 5.78. The molecule has 0 aliphatic rings. The number of carboxylic acids is 1. The van der Waals surface area contributed by atoms with Crippen molar-refractivity contribution in [1.29, 1.82) is 0 Å². The zero-order chi connectivity index (χ0) is 14.0. The van der Waals surface area contributed by atoms with Crippen LogP contribution in [0.5, 0.6) is 0 Å². The fourth-order valence-electron chi connectivity index (χ4n) is 1.46. The summed E-state index contributed by atoms with van der Waals surface area (Å²) in [6.07, 6.45) is 1.52. The summed E-state index contributed by atoms with van der Waals surface area (Å²) in [5.74, 6) is -0.409. The molecule has 1 atom stereocenters. The monoisotopic (exact) mass is 261 g/mol. The van der Waals surface area contributed by atoms with Crippen LogP contribution in [0.4, 0.5) is 0 Å². The molecule has 0 heterocycles. The molecule has 0 aromatic rings. The van der Waals surface area contributed by atoms with E-state index in [4.69, 9.17) is 20.3 Å². The number of aliphatic carboxylic acids is 1. The Morgan fingerprint density at radius 2 is 1.89 bits per heavy atom. The Bertz CT molecular complexity index is 233. The van der Waals surface area contributed by atoms with Gasteiger partial charge in [0, 0.05) is 13.2 Å². The molecule has 1 unspecified atom stereocenters. The second kappa shape index (κ2) is 9.30. The van der Waals surface area contributed by atoms with Crippen molar-refractivity contribution < 1.29 is 19.4 Å². The Hall–Kier alpha value is -0.650. The molecule has 5 heteroatoms. The van der Waals surface area contributed by atoms with Crippen LogP contribution in [0.25, 0.3) is 0 Å². The second-order valence-corrected chi connectivity index (χ2v) is 5.00. The van der Waals surface area contributed by atoms with Gasteiger partial charge in [0.25, 0.3) is 0 Å². The average Bonchev–Trinajstić information content (AvgIpc) is 2.31. The van der Waals surface area contributed by atoms with Crippen LogP contribution in [0.3, 0.4) is 0 Å². The van der Waals surface area contributed by atoms with Gasteiger partial charge in [-0.05, 0) is 25.2 Å². The van der Waals surface area contributed by atoms with Crippen molar-refractivity contribution >= 4 is 5.97 Å². The molecule has 18 heavy (non-hydrogen) atoms. The molecule has 0 amide bonds. The molecule has 5 nitrogen and oxygen atoms in total. The molecule has 0 spiro atoms. The summed E-state index contributed by atoms with van der Waals surface area (Å²) in [6.45, 7) is 8.37. The van der Waals surface area contributed by atoms with E-state index in [1.54, 1.807) is 6.92 Å². The third-order valence-corrected chi connectivity index (χ3v) is 2.79. The predicted octanol–water partition coefficient (Wildman–Crippen LogP) is 1.65. The Morgan fingerprint density at radius 1 is 1.28 bits per heavy atom. The van der Waals surface area contributed by atoms with E-state index in [-0.39, 0.29) is 0 Å². The van der Waals surface area contributed by atoms with Gasteiger partial charge in [0.2, 0.25) is 0 Å². The predicted molar refractivity (Wildman–Crippen MR) is 70.6 cm³/mol. The largest absolute Gasteiger partial charge is 0.480 e. The minimum absolute atomic E-state index is 0.430. The number of nitrogens with two attached hydrogens (primary N) is 1. The van der Waals surface area contributed by atoms with Crippen molar-refractivity contribution in [2.75, 3.05) is 26.4 Å². The first-order chi connectivity index (χ1) is 8.42. The first-order valence-corrected chi connectivity index (χ1v) is 6.60. The third kappa shape index (κ3) is 7.63. The summed E-state index contributed by atoms with van der Waals surface area (Å²) >= 11 is 0. The van der Waals surface area contributed by atoms with Crippen LogP contribution >= 0.6 is 0 Å². The first-order valence-electron chi connectivity index (χ1n) is 6.60. The van der Waals surface area contributed by atoms with Gasteiger partial charge in [0.05, 0.1) is 13.2 Å². The van der Waals surface area contributed by atoms with Crippen LogP contribution in [0.2, 0.25) is 0 Å². The summed E-state index contributed by atoms with van der Waals surface area (Å²) in [5, 5.41) is 8.97. The standard InChI is InChI=1S/C13H27NO4/c1-4-13(14,12(15)16)6-5-7-17-8-9-18-10-11(2)3/h11H,4-10,14H2,1-3H3,(H,15,16). The van der Waals surface area contributed by atoms with E-state index in [1.165, 1.54) is 0 Å². The number of ether oxygens (including phenoxy) is 2. The molecule has 0 aromatic carbocycles. The van der Waals surface area contributed by atoms with Crippen LogP contribution < -0.4 is 5.73 Å². The number of hydrogen-bond acceptors (Lipinski definition) is 4. The van der Waals surface area contributed by atoms with E-state index in [0.29, 0.717) is 45.0 Å². The summed E-state index contributed by atoms with van der Waals surface area (Å²) in [4.78, 5) is 10.9. The van der Waals surface area contributed by atoms with Crippen molar-refractivity contribution in [3.8, 4) is 0 Å². The Morgan fingerprint density at radius 3 is 2.39 bits per heavy atom. The number of carbonyl (C=O) groups is 1. The maximum atomic E-state index is 10.9. The molecule has 108 valence electrons. The lowest BCUT2D eigenvalue weighted by Gasteiger charge is -2.22. The van der Waals surface area contributed by atoms with E-state index in [0.717, 1.165) is 6.61 Å². The molecule has 0 fully saturated rings. The Labute approximate surface area is 110 Å². The lowest BCUT2D eigenvalue weighted by atomic mass is 9.92. The summed E-state index contributed by atoms with van der Waals surface area (Å²) < 4.78 is 10.7. The molecule has 0 bridgehead atoms. The molecule has 0 radical (unpaired) electrons. The van der Waals surface area contributed by atoms with Crippen LogP contribution in [-0.4, -0.2) is 43.0 Å². The van der Waals surface area contributed by atoms with Crippen LogP contribution in [0.1, 0.15) is 40.0 Å². The molecule has 0 aliphatic carbocycles. The van der Waals surface area contributed by atoms with Gasteiger partial charge in [-0.1, -0.05) is 20.8 Å². The van der Waals surface area contributed by atoms with Gasteiger partial charge in [-0.2, -0.15) is 0 Å². The summed E-state index contributed by atoms with van der Waals surface area (Å²) in [6, 6.07) is 0. The molecule has 0 saturated carbocycles. The highest BCUT2D eigenvalue weighted by Gasteiger charge is 2.30. The average molecular weight is 261 g/mol. The highest BCUT2D eigenvalue weighted by atomic mass is 16.5. The minimum Gasteiger partial charge on any atom is -0.480 e. The van der Waals surface area contributed by atoms with Crippen molar-refractivity contribution in [2.24, 2.45) is 11.7 Å². The fraction of sp³-hybridized carbons (Fsp3) is 0.923. The van der Waals surface area contributed by atoms with E-state index < -0.39 is 11.5 Å². The molecular formula is C13H27NO4. The number of hydrogen-bond donors (Lipinski definition) is 2. The minimum atomic E-state index is -1.11. The smallest absolute Gasteiger partial charge is 0.323 e. The fourth-order valence-corrected chi connectivity index (χ4v) is 1.46. The van der Waals surface area contributed by atoms with Crippen LogP contribution in [-0.2, 0) is 14.3 Å². The van der Waals surface area contributed by atoms with Gasteiger partial charge < -0.3 is 20.3 Å². The quantitative estimate of drug-likeness (QED) is 0.553. The van der Waals surface area contributed by atoms with Gasteiger partial charge in [0.1, 0.15) is 5.54 Å². The maximum Gasteiger partial charge on any atom is 0.323 e. The Kier molecular flexibility index (Phi) is 8.97. The molecule has 0 aliphatic heterocycles. The lowest BCUT2D eigenvalue weighted by Crippen LogP contribution is -2.47. The highest BCUT2D eigenvalue weighted by Crippen LogP contribution is 2.14. The van der Waals surface area contributed by atoms with E-state index in [9.17, 15) is 4.79 Å². The molecule has 0 rings (SSSR count). The van der Waals surface area contributed by atoms with Crippen molar-refractivity contribution in [3.05, 3.63) is 0 Å². The second-order valence-electron chi connectivity index (χ2n) is 5.00. The van der Waals surface area contributed by atoms with Crippen LogP contribution in [0, 0.1) is 5.92 Å². The van der Waals surface area contributed by atoms with Crippen molar-refractivity contribution in [3.63, 3.8) is 0 Å². The van der Waals surface area contributed by atoms with Gasteiger partial charge >= 0.3 is 5.97 Å². The van der Waals surface area contributed by atoms with Crippen molar-refractivity contribution in [1.82, 2.24) is 0 Å². The topological polar surface area (TPSA) is 81.8 Å². The summed E-state index contributed by atoms with van der Waals surface area (Å²) in [7, 11) is 0. The zero-order valence-electron chi connectivity index (χ0n) is 11.8. The van der Waals surface area contributed by atoms with Gasteiger partial charge in [0.15, 0.2) is 0 Å². The normalized spacial score (nSPS) is 14.7. The molecule has 0 saturated heterocycles. The van der Waals surface area contributed by atoms with Gasteiger partial charge in [-0.15, -0.1) is 0 Å². The molecule has 0 aromatic heterocycles. The maximum absolute atomic E-state index is 10.9. The molecule has 3 N–H and O–H groups in total. The SMILES string of the molecule is CCC(N)(CCCOCCOCC(C)C)C(=O)O. The third-order valence-electron chi connectivity index (χ3n) is 2.79. The van der Waals surface area contributed by atoms with E-state index in [2.05, 4.69) is 13.8 Å². The van der Waals surface area contributed by atoms with Crippen molar-refractivity contribution in [2.45, 2.75) is 45.6 Å². The Balaban J connectivity index is 3.48. The zero-order valence-corrected chi connectivity index (χ0v) is 11.8. The lowest BCUT2D eigenvalue weighted by molar-refractivity contribution is -0.143. The van der Waals surface area contributed by atoms with Gasteiger partial charge in [-0.25, -0.2) is 0 Å². The van der Waals surface area contributed by atoms with E-state index in [1.807, 2.05) is 0 Å². The molecular weight excluding hydrogens is 234 g/mol. The summed E-state index contributed by atoms with van der Waals surface area (Å²) in [5.41, 5.74) is 4.64. The first kappa shape index (κ1) is 17.4. The van der Waals surface area contributed by atoms with E-state index >= 15 is 0 Å².